The summed E-state index contributed by atoms with van der Waals surface area (Å²) in [4.78, 5) is 9.29. The van der Waals surface area contributed by atoms with Crippen LogP contribution in [0, 0.1) is 0 Å². The van der Waals surface area contributed by atoms with E-state index in [1.807, 2.05) is 27.8 Å². The molecule has 0 amide bonds. The Balaban J connectivity index is 1.41. The van der Waals surface area contributed by atoms with Gasteiger partial charge in [-0.25, -0.2) is 14.5 Å². The van der Waals surface area contributed by atoms with E-state index in [1.54, 1.807) is 6.33 Å². The summed E-state index contributed by atoms with van der Waals surface area (Å²) in [5, 5.41) is 22.2. The Morgan fingerprint density at radius 3 is 2.75 bits per heavy atom. The van der Waals surface area contributed by atoms with E-state index in [-0.39, 0.29) is 12.1 Å². The van der Waals surface area contributed by atoms with Gasteiger partial charge in [0.2, 0.25) is 0 Å². The van der Waals surface area contributed by atoms with Crippen molar-refractivity contribution < 1.29 is 5.11 Å². The minimum atomic E-state index is -0.219. The van der Waals surface area contributed by atoms with Crippen LogP contribution in [-0.2, 0) is 0 Å². The average molecular weight is 381 g/mol. The Morgan fingerprint density at radius 1 is 1.00 bits per heavy atom. The summed E-state index contributed by atoms with van der Waals surface area (Å²) in [6.07, 6.45) is 17.2. The molecule has 148 valence electrons. The zero-order valence-corrected chi connectivity index (χ0v) is 16.0. The van der Waals surface area contributed by atoms with Gasteiger partial charge in [0.1, 0.15) is 6.33 Å². The topological polar surface area (TPSA) is 93.2 Å². The van der Waals surface area contributed by atoms with Crippen LogP contribution in [0.1, 0.15) is 75.4 Å². The third kappa shape index (κ3) is 3.48. The second-order valence-electron chi connectivity index (χ2n) is 8.19. The number of hydrogen-bond donors (Lipinski definition) is 2. The number of hydrogen-bond acceptors (Lipinski definition) is 6. The molecule has 0 aliphatic heterocycles. The van der Waals surface area contributed by atoms with Gasteiger partial charge in [0.05, 0.1) is 35.9 Å². The lowest BCUT2D eigenvalue weighted by Gasteiger charge is -2.25. The molecule has 28 heavy (non-hydrogen) atoms. The Morgan fingerprint density at radius 2 is 1.89 bits per heavy atom. The van der Waals surface area contributed by atoms with E-state index >= 15 is 0 Å². The van der Waals surface area contributed by atoms with Gasteiger partial charge in [0.15, 0.2) is 11.5 Å². The highest BCUT2D eigenvalue weighted by atomic mass is 16.3. The zero-order chi connectivity index (χ0) is 18.9. The molecule has 3 aromatic heterocycles. The van der Waals surface area contributed by atoms with Crippen molar-refractivity contribution >= 4 is 17.2 Å². The van der Waals surface area contributed by atoms with Crippen molar-refractivity contribution in [2.45, 2.75) is 75.9 Å². The van der Waals surface area contributed by atoms with Gasteiger partial charge in [-0.1, -0.05) is 19.3 Å². The predicted octanol–water partition coefficient (Wildman–Crippen LogP) is 3.59. The van der Waals surface area contributed by atoms with Gasteiger partial charge >= 0.3 is 0 Å². The molecule has 0 aromatic carbocycles. The van der Waals surface area contributed by atoms with Gasteiger partial charge in [-0.3, -0.25) is 4.68 Å². The van der Waals surface area contributed by atoms with Crippen LogP contribution in [0.5, 0.6) is 0 Å². The van der Waals surface area contributed by atoms with Crippen LogP contribution >= 0.6 is 0 Å². The molecule has 2 aliphatic carbocycles. The molecule has 3 heterocycles. The number of aromatic nitrogens is 6. The fourth-order valence-electron chi connectivity index (χ4n) is 4.64. The first kappa shape index (κ1) is 17.6. The molecule has 2 atom stereocenters. The number of fused-ring (bicyclic) bond motifs is 1. The van der Waals surface area contributed by atoms with Crippen molar-refractivity contribution in [3.05, 3.63) is 30.6 Å². The Bertz CT molecular complexity index is 943. The van der Waals surface area contributed by atoms with E-state index in [2.05, 4.69) is 20.5 Å². The monoisotopic (exact) mass is 381 g/mol. The van der Waals surface area contributed by atoms with Crippen LogP contribution in [-0.4, -0.2) is 40.6 Å². The molecule has 2 saturated carbocycles. The molecule has 3 aromatic rings. The summed E-state index contributed by atoms with van der Waals surface area (Å²) in [5.74, 6) is 1.22. The van der Waals surface area contributed by atoms with Crippen LogP contribution in [0.3, 0.4) is 0 Å². The third-order valence-corrected chi connectivity index (χ3v) is 6.16. The van der Waals surface area contributed by atoms with Crippen LogP contribution < -0.4 is 5.32 Å². The van der Waals surface area contributed by atoms with E-state index in [9.17, 15) is 5.11 Å². The molecule has 2 aliphatic rings. The van der Waals surface area contributed by atoms with Gasteiger partial charge in [-0.05, 0) is 38.5 Å². The summed E-state index contributed by atoms with van der Waals surface area (Å²) < 4.78 is 3.79. The third-order valence-electron chi connectivity index (χ3n) is 6.16. The van der Waals surface area contributed by atoms with Crippen LogP contribution in [0.4, 0.5) is 11.5 Å². The number of aliphatic hydroxyl groups is 1. The maximum atomic E-state index is 9.95. The highest BCUT2D eigenvalue weighted by molar-refractivity contribution is 5.68. The lowest BCUT2D eigenvalue weighted by molar-refractivity contribution is 0.100. The molecular weight excluding hydrogens is 354 g/mol. The lowest BCUT2D eigenvalue weighted by Crippen LogP contribution is -2.22. The molecule has 0 unspecified atom stereocenters. The van der Waals surface area contributed by atoms with Crippen LogP contribution in [0.2, 0.25) is 0 Å². The van der Waals surface area contributed by atoms with Crippen LogP contribution in [0.25, 0.3) is 5.65 Å². The van der Waals surface area contributed by atoms with Crippen molar-refractivity contribution in [1.29, 1.82) is 0 Å². The molecule has 0 bridgehead atoms. The van der Waals surface area contributed by atoms with Gasteiger partial charge < -0.3 is 10.4 Å². The molecule has 0 saturated heterocycles. The number of nitrogens with zero attached hydrogens (tertiary/aromatic N) is 6. The molecule has 2 fully saturated rings. The summed E-state index contributed by atoms with van der Waals surface area (Å²) >= 11 is 0. The minimum Gasteiger partial charge on any atom is -0.393 e. The van der Waals surface area contributed by atoms with Gasteiger partial charge in [-0.15, -0.1) is 0 Å². The van der Waals surface area contributed by atoms with E-state index in [0.717, 1.165) is 48.5 Å². The van der Waals surface area contributed by atoms with Gasteiger partial charge in [0.25, 0.3) is 0 Å². The van der Waals surface area contributed by atoms with E-state index in [1.165, 1.54) is 32.1 Å². The largest absolute Gasteiger partial charge is 0.393 e. The molecule has 8 nitrogen and oxygen atoms in total. The molecule has 0 spiro atoms. The lowest BCUT2D eigenvalue weighted by atomic mass is 9.87. The number of aliphatic hydroxyl groups excluding tert-OH is 1. The highest BCUT2D eigenvalue weighted by Crippen LogP contribution is 2.33. The van der Waals surface area contributed by atoms with Crippen LogP contribution in [0.15, 0.2) is 24.9 Å². The number of nitrogens with one attached hydrogen (secondary N) is 1. The van der Waals surface area contributed by atoms with Crippen molar-refractivity contribution in [3.63, 3.8) is 0 Å². The standard InChI is InChI=1S/C20H27N7O/c28-17-8-4-7-16(9-17)26-11-15(10-22-26)24-19-20-21-13-23-27(20)12-18(25-19)14-5-2-1-3-6-14/h10-14,16-17,28H,1-9H2,(H,24,25)/t16-,17-/m1/s1. The maximum absolute atomic E-state index is 9.95. The molecular formula is C20H27N7O. The Kier molecular flexibility index (Phi) is 4.72. The quantitative estimate of drug-likeness (QED) is 0.717. The molecule has 2 N–H and O–H groups in total. The first-order valence-electron chi connectivity index (χ1n) is 10.5. The van der Waals surface area contributed by atoms with Gasteiger partial charge in [-0.2, -0.15) is 10.2 Å². The molecule has 8 heteroatoms. The maximum Gasteiger partial charge on any atom is 0.198 e. The predicted molar refractivity (Wildman–Crippen MR) is 106 cm³/mol. The zero-order valence-electron chi connectivity index (χ0n) is 16.0. The molecule has 0 radical (unpaired) electrons. The fourth-order valence-corrected chi connectivity index (χ4v) is 4.64. The van der Waals surface area contributed by atoms with E-state index in [4.69, 9.17) is 4.98 Å². The first-order valence-corrected chi connectivity index (χ1v) is 10.5. The van der Waals surface area contributed by atoms with E-state index < -0.39 is 0 Å². The van der Waals surface area contributed by atoms with Crippen molar-refractivity contribution in [1.82, 2.24) is 29.4 Å². The summed E-state index contributed by atoms with van der Waals surface area (Å²) in [5.41, 5.74) is 2.70. The number of rotatable bonds is 4. The number of anilines is 2. The van der Waals surface area contributed by atoms with Gasteiger partial charge in [0, 0.05) is 12.1 Å². The Labute approximate surface area is 164 Å². The second-order valence-corrected chi connectivity index (χ2v) is 8.19. The molecule has 5 rings (SSSR count). The minimum absolute atomic E-state index is 0.219. The van der Waals surface area contributed by atoms with E-state index in [0.29, 0.717) is 5.92 Å². The Hall–Kier alpha value is -2.48. The highest BCUT2D eigenvalue weighted by Gasteiger charge is 2.23. The fraction of sp³-hybridized carbons (Fsp3) is 0.600. The average Bonchev–Trinajstić information content (AvgIpc) is 3.38. The SMILES string of the molecule is O[C@@H]1CCC[C@@H](n2cc(Nc3nc(C4CCCCC4)cn4ncnc34)cn2)C1. The second kappa shape index (κ2) is 7.50. The summed E-state index contributed by atoms with van der Waals surface area (Å²) in [7, 11) is 0. The van der Waals surface area contributed by atoms with Crippen molar-refractivity contribution in [2.75, 3.05) is 5.32 Å². The normalized spacial score (nSPS) is 23.9. The summed E-state index contributed by atoms with van der Waals surface area (Å²) in [6.45, 7) is 0. The van der Waals surface area contributed by atoms with Crippen molar-refractivity contribution in [2.24, 2.45) is 0 Å². The smallest absolute Gasteiger partial charge is 0.198 e. The van der Waals surface area contributed by atoms with Crippen molar-refractivity contribution in [3.8, 4) is 0 Å². The first-order chi connectivity index (χ1) is 13.8. The summed E-state index contributed by atoms with van der Waals surface area (Å²) in [6, 6.07) is 0.258.